The van der Waals surface area contributed by atoms with Crippen LogP contribution in [0.4, 0.5) is 5.69 Å². The van der Waals surface area contributed by atoms with Crippen LogP contribution in [0.5, 0.6) is 5.75 Å². The van der Waals surface area contributed by atoms with E-state index in [0.29, 0.717) is 17.9 Å². The maximum Gasteiger partial charge on any atom is 0.242 e. The molecule has 0 aliphatic rings. The topological polar surface area (TPSA) is 75.7 Å². The molecule has 0 aromatic heterocycles. The lowest BCUT2D eigenvalue weighted by Crippen LogP contribution is -2.28. The fraction of sp³-hybridized carbons (Fsp3) is 0.278. The first-order valence-electron chi connectivity index (χ1n) is 8.20. The van der Waals surface area contributed by atoms with E-state index >= 15 is 0 Å². The standard InChI is InChI=1S/C18H19Cl3N2O4S/c1-23(28(25,26)13-7-5-12(27-2)6-8-13)9-3-4-18(24)22-17-11-15(20)14(19)10-16(17)21/h5-8,10-11H,3-4,9H2,1-2H3,(H,22,24). The molecule has 0 aliphatic heterocycles. The van der Waals surface area contributed by atoms with Crippen LogP contribution in [-0.4, -0.2) is 39.3 Å². The van der Waals surface area contributed by atoms with Crippen LogP contribution in [0.25, 0.3) is 0 Å². The summed E-state index contributed by atoms with van der Waals surface area (Å²) in [4.78, 5) is 12.3. The lowest BCUT2D eigenvalue weighted by Gasteiger charge is -2.17. The molecule has 0 spiro atoms. The minimum Gasteiger partial charge on any atom is -0.497 e. The summed E-state index contributed by atoms with van der Waals surface area (Å²) in [5.74, 6) is 0.259. The Balaban J connectivity index is 1.91. The third kappa shape index (κ3) is 5.75. The van der Waals surface area contributed by atoms with Crippen molar-refractivity contribution >= 4 is 56.4 Å². The van der Waals surface area contributed by atoms with Gasteiger partial charge in [-0.3, -0.25) is 4.79 Å². The van der Waals surface area contributed by atoms with E-state index in [1.54, 1.807) is 12.1 Å². The van der Waals surface area contributed by atoms with Crippen molar-refractivity contribution in [2.45, 2.75) is 17.7 Å². The van der Waals surface area contributed by atoms with Crippen molar-refractivity contribution < 1.29 is 17.9 Å². The molecule has 2 aromatic rings. The molecule has 152 valence electrons. The fourth-order valence-electron chi connectivity index (χ4n) is 2.34. The number of amides is 1. The minimum atomic E-state index is -3.65. The van der Waals surface area contributed by atoms with Crippen LogP contribution in [0, 0.1) is 0 Å². The van der Waals surface area contributed by atoms with Crippen molar-refractivity contribution in [3.05, 3.63) is 51.5 Å². The van der Waals surface area contributed by atoms with Crippen molar-refractivity contribution in [1.29, 1.82) is 0 Å². The summed E-state index contributed by atoms with van der Waals surface area (Å²) in [6.45, 7) is 0.177. The van der Waals surface area contributed by atoms with Gasteiger partial charge in [0.25, 0.3) is 0 Å². The fourth-order valence-corrected chi connectivity index (χ4v) is 4.14. The molecule has 0 fully saturated rings. The van der Waals surface area contributed by atoms with Gasteiger partial charge in [0.15, 0.2) is 0 Å². The molecule has 0 atom stereocenters. The van der Waals surface area contributed by atoms with E-state index in [9.17, 15) is 13.2 Å². The number of benzene rings is 2. The number of nitrogens with one attached hydrogen (secondary N) is 1. The number of rotatable bonds is 8. The number of halogens is 3. The number of sulfonamides is 1. The number of methoxy groups -OCH3 is 1. The molecular weight excluding hydrogens is 447 g/mol. The summed E-state index contributed by atoms with van der Waals surface area (Å²) in [5, 5.41) is 3.46. The molecule has 0 radical (unpaired) electrons. The molecule has 2 aromatic carbocycles. The third-order valence-electron chi connectivity index (χ3n) is 3.93. The van der Waals surface area contributed by atoms with E-state index in [1.165, 1.54) is 42.7 Å². The monoisotopic (exact) mass is 464 g/mol. The predicted octanol–water partition coefficient (Wildman–Crippen LogP) is 4.69. The Morgan fingerprint density at radius 3 is 2.29 bits per heavy atom. The molecule has 10 heteroatoms. The van der Waals surface area contributed by atoms with E-state index in [4.69, 9.17) is 39.5 Å². The van der Waals surface area contributed by atoms with Gasteiger partial charge in [-0.2, -0.15) is 0 Å². The highest BCUT2D eigenvalue weighted by atomic mass is 35.5. The van der Waals surface area contributed by atoms with Gasteiger partial charge < -0.3 is 10.1 Å². The lowest BCUT2D eigenvalue weighted by atomic mass is 10.2. The number of carbonyl (C=O) groups is 1. The molecule has 1 N–H and O–H groups in total. The van der Waals surface area contributed by atoms with Gasteiger partial charge in [0.05, 0.1) is 32.8 Å². The second kappa shape index (κ2) is 9.80. The van der Waals surface area contributed by atoms with Gasteiger partial charge in [0.2, 0.25) is 15.9 Å². The van der Waals surface area contributed by atoms with E-state index in [-0.39, 0.29) is 38.8 Å². The summed E-state index contributed by atoms with van der Waals surface area (Å²) in [5.41, 5.74) is 0.347. The van der Waals surface area contributed by atoms with Gasteiger partial charge in [-0.05, 0) is 42.8 Å². The van der Waals surface area contributed by atoms with Crippen LogP contribution in [0.3, 0.4) is 0 Å². The summed E-state index contributed by atoms with van der Waals surface area (Å²) >= 11 is 17.8. The van der Waals surface area contributed by atoms with Gasteiger partial charge >= 0.3 is 0 Å². The zero-order valence-corrected chi connectivity index (χ0v) is 18.3. The Bertz CT molecular complexity index is 950. The summed E-state index contributed by atoms with van der Waals surface area (Å²) in [6.07, 6.45) is 0.440. The van der Waals surface area contributed by atoms with E-state index in [2.05, 4.69) is 5.32 Å². The molecule has 0 heterocycles. The molecule has 28 heavy (non-hydrogen) atoms. The van der Waals surface area contributed by atoms with Crippen LogP contribution >= 0.6 is 34.8 Å². The zero-order valence-electron chi connectivity index (χ0n) is 15.2. The first-order valence-corrected chi connectivity index (χ1v) is 10.8. The normalized spacial score (nSPS) is 11.5. The summed E-state index contributed by atoms with van der Waals surface area (Å²) < 4.78 is 31.3. The van der Waals surface area contributed by atoms with E-state index in [1.807, 2.05) is 0 Å². The van der Waals surface area contributed by atoms with Crippen LogP contribution in [0.15, 0.2) is 41.3 Å². The maximum atomic E-state index is 12.6. The average Bonchev–Trinajstić information content (AvgIpc) is 2.66. The lowest BCUT2D eigenvalue weighted by molar-refractivity contribution is -0.116. The second-order valence-corrected chi connectivity index (χ2v) is 9.17. The number of nitrogens with zero attached hydrogens (tertiary/aromatic N) is 1. The Kier molecular flexibility index (Phi) is 7.97. The first kappa shape index (κ1) is 22.8. The number of hydrogen-bond donors (Lipinski definition) is 1. The number of carbonyl (C=O) groups excluding carboxylic acids is 1. The van der Waals surface area contributed by atoms with E-state index < -0.39 is 10.0 Å². The third-order valence-corrected chi connectivity index (χ3v) is 6.83. The molecule has 0 aliphatic carbocycles. The van der Waals surface area contributed by atoms with Gasteiger partial charge in [-0.25, -0.2) is 12.7 Å². The molecule has 6 nitrogen and oxygen atoms in total. The van der Waals surface area contributed by atoms with Crippen molar-refractivity contribution in [3.63, 3.8) is 0 Å². The highest BCUT2D eigenvalue weighted by molar-refractivity contribution is 7.89. The Hall–Kier alpha value is -1.51. The Morgan fingerprint density at radius 2 is 1.68 bits per heavy atom. The Labute approximate surface area is 179 Å². The minimum absolute atomic E-state index is 0.110. The number of anilines is 1. The van der Waals surface area contributed by atoms with Crippen LogP contribution in [0.1, 0.15) is 12.8 Å². The van der Waals surface area contributed by atoms with Crippen molar-refractivity contribution in [1.82, 2.24) is 4.31 Å². The van der Waals surface area contributed by atoms with Crippen LogP contribution < -0.4 is 10.1 Å². The highest BCUT2D eigenvalue weighted by Gasteiger charge is 2.20. The second-order valence-electron chi connectivity index (χ2n) is 5.90. The zero-order chi connectivity index (χ0) is 20.9. The van der Waals surface area contributed by atoms with Gasteiger partial charge in [0.1, 0.15) is 5.75 Å². The molecule has 0 saturated heterocycles. The molecule has 2 rings (SSSR count). The summed E-state index contributed by atoms with van der Waals surface area (Å²) in [6, 6.07) is 9.01. The highest BCUT2D eigenvalue weighted by Crippen LogP contribution is 2.32. The van der Waals surface area contributed by atoms with E-state index in [0.717, 1.165) is 0 Å². The van der Waals surface area contributed by atoms with Crippen molar-refractivity contribution in [3.8, 4) is 5.75 Å². The predicted molar refractivity (Wildman–Crippen MR) is 112 cm³/mol. The first-order chi connectivity index (χ1) is 13.1. The molecule has 1 amide bonds. The molecule has 0 saturated carbocycles. The molecule has 0 bridgehead atoms. The molecular formula is C18H19Cl3N2O4S. The number of hydrogen-bond acceptors (Lipinski definition) is 4. The van der Waals surface area contributed by atoms with Gasteiger partial charge in [-0.15, -0.1) is 0 Å². The quantitative estimate of drug-likeness (QED) is 0.574. The Morgan fingerprint density at radius 1 is 1.07 bits per heavy atom. The van der Waals surface area contributed by atoms with Crippen LogP contribution in [-0.2, 0) is 14.8 Å². The van der Waals surface area contributed by atoms with Crippen molar-refractivity contribution in [2.75, 3.05) is 26.0 Å². The molecule has 0 unspecified atom stereocenters. The SMILES string of the molecule is COc1ccc(S(=O)(=O)N(C)CCCC(=O)Nc2cc(Cl)c(Cl)cc2Cl)cc1. The van der Waals surface area contributed by atoms with Gasteiger partial charge in [-0.1, -0.05) is 34.8 Å². The summed E-state index contributed by atoms with van der Waals surface area (Å²) in [7, 11) is -0.674. The van der Waals surface area contributed by atoms with Crippen LogP contribution in [0.2, 0.25) is 15.1 Å². The average molecular weight is 466 g/mol. The van der Waals surface area contributed by atoms with Gasteiger partial charge in [0, 0.05) is 20.0 Å². The van der Waals surface area contributed by atoms with Crippen molar-refractivity contribution in [2.24, 2.45) is 0 Å². The maximum absolute atomic E-state index is 12.6. The number of ether oxygens (including phenoxy) is 1. The largest absolute Gasteiger partial charge is 0.497 e. The smallest absolute Gasteiger partial charge is 0.242 e.